The van der Waals surface area contributed by atoms with Crippen LogP contribution in [0, 0.1) is 12.7 Å². The highest BCUT2D eigenvalue weighted by Gasteiger charge is 2.26. The van der Waals surface area contributed by atoms with Crippen LogP contribution in [0.4, 0.5) is 9.39 Å². The van der Waals surface area contributed by atoms with E-state index in [4.69, 9.17) is 10.5 Å². The third-order valence-corrected chi connectivity index (χ3v) is 6.48. The van der Waals surface area contributed by atoms with Crippen molar-refractivity contribution >= 4 is 34.1 Å². The summed E-state index contributed by atoms with van der Waals surface area (Å²) in [5, 5.41) is 3.02. The van der Waals surface area contributed by atoms with Crippen LogP contribution >= 0.6 is 11.3 Å². The Bertz CT molecular complexity index is 985. The van der Waals surface area contributed by atoms with Crippen molar-refractivity contribution in [3.8, 4) is 0 Å². The summed E-state index contributed by atoms with van der Waals surface area (Å²) in [6.07, 6.45) is 0. The number of nitrogens with one attached hydrogen (secondary N) is 1. The minimum absolute atomic E-state index is 0.162. The Morgan fingerprint density at radius 1 is 1.12 bits per heavy atom. The van der Waals surface area contributed by atoms with Crippen LogP contribution in [0.2, 0.25) is 0 Å². The van der Waals surface area contributed by atoms with E-state index in [9.17, 15) is 18.8 Å². The minimum Gasteiger partial charge on any atom is -0.462 e. The number of ether oxygens (including phenoxy) is 1. The summed E-state index contributed by atoms with van der Waals surface area (Å²) < 4.78 is 18.1. The van der Waals surface area contributed by atoms with Crippen molar-refractivity contribution in [2.24, 2.45) is 5.73 Å². The molecule has 3 N–H and O–H groups in total. The van der Waals surface area contributed by atoms with E-state index < -0.39 is 11.9 Å². The summed E-state index contributed by atoms with van der Waals surface area (Å²) in [4.78, 5) is 41.2. The van der Waals surface area contributed by atoms with Crippen molar-refractivity contribution in [1.29, 1.82) is 0 Å². The maximum absolute atomic E-state index is 13.1. The van der Waals surface area contributed by atoms with Crippen molar-refractivity contribution in [3.63, 3.8) is 0 Å². The number of piperazine rings is 1. The Labute approximate surface area is 190 Å². The van der Waals surface area contributed by atoms with Crippen molar-refractivity contribution < 1.29 is 23.5 Å². The maximum atomic E-state index is 13.1. The van der Waals surface area contributed by atoms with Gasteiger partial charge in [-0.2, -0.15) is 0 Å². The molecule has 1 saturated heterocycles. The van der Waals surface area contributed by atoms with Gasteiger partial charge in [-0.25, -0.2) is 9.18 Å². The van der Waals surface area contributed by atoms with Crippen LogP contribution in [0.15, 0.2) is 24.3 Å². The van der Waals surface area contributed by atoms with Gasteiger partial charge in [0.15, 0.2) is 0 Å². The first kappa shape index (κ1) is 23.8. The number of thiophene rings is 1. The Morgan fingerprint density at radius 2 is 1.75 bits per heavy atom. The lowest BCUT2D eigenvalue weighted by Crippen LogP contribution is -2.48. The molecule has 10 heteroatoms. The van der Waals surface area contributed by atoms with E-state index in [-0.39, 0.29) is 40.3 Å². The van der Waals surface area contributed by atoms with E-state index in [1.807, 2.05) is 4.90 Å². The third kappa shape index (κ3) is 5.90. The zero-order valence-electron chi connectivity index (χ0n) is 18.2. The number of esters is 1. The minimum atomic E-state index is -0.657. The summed E-state index contributed by atoms with van der Waals surface area (Å²) in [6, 6.07) is 6.46. The first-order valence-electron chi connectivity index (χ1n) is 10.4. The summed E-state index contributed by atoms with van der Waals surface area (Å²) >= 11 is 0.981. The molecule has 1 fully saturated rings. The number of nitrogens with two attached hydrogens (primary N) is 1. The van der Waals surface area contributed by atoms with Crippen LogP contribution in [-0.4, -0.2) is 66.9 Å². The van der Waals surface area contributed by atoms with Crippen LogP contribution in [0.5, 0.6) is 0 Å². The van der Waals surface area contributed by atoms with Crippen molar-refractivity contribution in [2.45, 2.75) is 20.4 Å². The lowest BCUT2D eigenvalue weighted by atomic mass is 10.1. The van der Waals surface area contributed by atoms with Gasteiger partial charge < -0.3 is 15.8 Å². The number of amides is 2. The molecule has 32 heavy (non-hydrogen) atoms. The first-order valence-corrected chi connectivity index (χ1v) is 11.2. The fourth-order valence-corrected chi connectivity index (χ4v) is 4.67. The van der Waals surface area contributed by atoms with Gasteiger partial charge >= 0.3 is 5.97 Å². The quantitative estimate of drug-likeness (QED) is 0.583. The van der Waals surface area contributed by atoms with Crippen LogP contribution in [0.3, 0.4) is 0 Å². The number of hydrogen-bond acceptors (Lipinski definition) is 7. The Morgan fingerprint density at radius 3 is 2.34 bits per heavy atom. The SMILES string of the molecule is CCOC(=O)c1c(NC(=O)CN2CCN(Cc3ccc(F)cc3)CC2)sc(C(N)=O)c1C. The molecule has 0 bridgehead atoms. The molecule has 3 rings (SSSR count). The lowest BCUT2D eigenvalue weighted by Gasteiger charge is -2.34. The van der Waals surface area contributed by atoms with Gasteiger partial charge in [0.2, 0.25) is 5.91 Å². The van der Waals surface area contributed by atoms with Gasteiger partial charge in [-0.05, 0) is 37.1 Å². The lowest BCUT2D eigenvalue weighted by molar-refractivity contribution is -0.117. The topological polar surface area (TPSA) is 105 Å². The second-order valence-corrected chi connectivity index (χ2v) is 8.59. The van der Waals surface area contributed by atoms with Crippen LogP contribution in [0.1, 0.15) is 38.1 Å². The summed E-state index contributed by atoms with van der Waals surface area (Å²) in [7, 11) is 0. The van der Waals surface area contributed by atoms with Gasteiger partial charge in [0.25, 0.3) is 5.91 Å². The second-order valence-electron chi connectivity index (χ2n) is 7.57. The second kappa shape index (κ2) is 10.7. The first-order chi connectivity index (χ1) is 15.3. The number of primary amides is 1. The van der Waals surface area contributed by atoms with Gasteiger partial charge in [-0.15, -0.1) is 11.3 Å². The molecule has 2 heterocycles. The highest BCUT2D eigenvalue weighted by Crippen LogP contribution is 2.33. The Kier molecular flexibility index (Phi) is 7.94. The summed E-state index contributed by atoms with van der Waals surface area (Å²) in [5.74, 6) is -1.78. The van der Waals surface area contributed by atoms with Gasteiger partial charge in [0.1, 0.15) is 10.8 Å². The molecular weight excluding hydrogens is 435 g/mol. The van der Waals surface area contributed by atoms with Crippen LogP contribution < -0.4 is 11.1 Å². The van der Waals surface area contributed by atoms with E-state index in [0.717, 1.165) is 36.5 Å². The van der Waals surface area contributed by atoms with Crippen LogP contribution in [-0.2, 0) is 16.1 Å². The van der Waals surface area contributed by atoms with E-state index in [2.05, 4.69) is 10.2 Å². The van der Waals surface area contributed by atoms with Gasteiger partial charge in [0, 0.05) is 32.7 Å². The molecule has 1 aromatic carbocycles. The predicted octanol–water partition coefficient (Wildman–Crippen LogP) is 2.23. The number of carbonyl (C=O) groups is 3. The van der Waals surface area contributed by atoms with Crippen molar-refractivity contribution in [1.82, 2.24) is 9.80 Å². The molecule has 0 atom stereocenters. The molecule has 0 spiro atoms. The summed E-state index contributed by atoms with van der Waals surface area (Å²) in [5.41, 5.74) is 7.02. The highest BCUT2D eigenvalue weighted by molar-refractivity contribution is 7.18. The number of rotatable bonds is 8. The molecule has 0 saturated carbocycles. The molecule has 172 valence electrons. The fourth-order valence-electron chi connectivity index (χ4n) is 3.61. The smallest absolute Gasteiger partial charge is 0.341 e. The monoisotopic (exact) mass is 462 g/mol. The molecule has 1 aromatic heterocycles. The van der Waals surface area contributed by atoms with Crippen LogP contribution in [0.25, 0.3) is 0 Å². The number of halogens is 1. The normalized spacial score (nSPS) is 14.8. The molecule has 1 aliphatic rings. The number of hydrogen-bond donors (Lipinski definition) is 2. The fraction of sp³-hybridized carbons (Fsp3) is 0.409. The summed E-state index contributed by atoms with van der Waals surface area (Å²) in [6.45, 7) is 7.33. The molecule has 1 aliphatic heterocycles. The molecule has 8 nitrogen and oxygen atoms in total. The average molecular weight is 463 g/mol. The highest BCUT2D eigenvalue weighted by atomic mass is 32.1. The number of anilines is 1. The predicted molar refractivity (Wildman–Crippen MR) is 120 cm³/mol. The van der Waals surface area contributed by atoms with E-state index >= 15 is 0 Å². The van der Waals surface area contributed by atoms with Crippen molar-refractivity contribution in [3.05, 3.63) is 51.7 Å². The molecule has 0 unspecified atom stereocenters. The zero-order valence-corrected chi connectivity index (χ0v) is 19.0. The molecule has 0 radical (unpaired) electrons. The average Bonchev–Trinajstić information content (AvgIpc) is 3.07. The van der Waals surface area contributed by atoms with E-state index in [0.29, 0.717) is 18.7 Å². The van der Waals surface area contributed by atoms with E-state index in [1.165, 1.54) is 12.1 Å². The van der Waals surface area contributed by atoms with E-state index in [1.54, 1.807) is 26.0 Å². The van der Waals surface area contributed by atoms with Gasteiger partial charge in [-0.3, -0.25) is 19.4 Å². The standard InChI is InChI=1S/C22H27FN4O4S/c1-3-31-22(30)18-14(2)19(20(24)29)32-21(18)25-17(28)13-27-10-8-26(9-11-27)12-15-4-6-16(23)7-5-15/h4-7H,3,8-13H2,1-2H3,(H2,24,29)(H,25,28). The van der Waals surface area contributed by atoms with Crippen molar-refractivity contribution in [2.75, 3.05) is 44.6 Å². The van der Waals surface area contributed by atoms with Gasteiger partial charge in [-0.1, -0.05) is 12.1 Å². The Balaban J connectivity index is 1.57. The third-order valence-electron chi connectivity index (χ3n) is 5.25. The van der Waals surface area contributed by atoms with Gasteiger partial charge in [0.05, 0.1) is 23.6 Å². The Hall–Kier alpha value is -2.82. The number of benzene rings is 1. The molecule has 2 aromatic rings. The molecular formula is C22H27FN4O4S. The number of carbonyl (C=O) groups excluding carboxylic acids is 3. The zero-order chi connectivity index (χ0) is 23.3. The largest absolute Gasteiger partial charge is 0.462 e. The molecule has 0 aliphatic carbocycles. The molecule has 2 amide bonds. The number of nitrogens with zero attached hydrogens (tertiary/aromatic N) is 2. The maximum Gasteiger partial charge on any atom is 0.341 e.